The standard InChI is InChI=1S/C78H118IN18O39S/c1-2-135-23-24-136-22-20-81-55(110)19-21-97-57(112)25-38(75(97)130)79-137-34-45(77(133)134)94-73(128)41(9-15-54(109)85-30-48(103)63(119)66(122)51(106)33-100)90-72(127)43(12-18-59(115)116)92-70(125)40(8-14-53(108)84-29-47(102)62(118)65(121)50(105)32-99)89-71(126)42(11-17-58(113)114)91-69(124)39(7-13-52(107)83-28-46(101)61(117)64(120)49(104)31-98)88-56(111)16-10-44(76(131)132)93-68(123)35-3-5-36(6-4-35)82-26-37-27-86-67-60(87-37)74(129)96-78(80)95-67/h3-6,27,38-51,61-66,82,98-106,117-122H,2,7-26,28-34H2,1H3,(H,81,110)(H,83,107)(H,84,108)(H,85,109)(H,88,111)(H,89,126)(H,90,127)(H,91,124)(H,92,125)(H,93,123)(H,94,128)(H,113,114)(H,115,116)(H,131,132)(H,133,134)(H3,80,86,95,96,129)/q-1/t38?,39-,40-,41-,42+,43+,44-,45+,46-,47-,48-,49+,50+,51+,61+,62+,63+,64+,65+,66+/m0/s1. The predicted molar refractivity (Wildman–Crippen MR) is 460 cm³/mol. The summed E-state index contributed by atoms with van der Waals surface area (Å²) in [6.07, 6.45) is -36.4. The average Bonchev–Trinajstić information content (AvgIpc) is 1.74. The van der Waals surface area contributed by atoms with Crippen LogP contribution in [0.2, 0.25) is 0 Å². The molecule has 34 N–H and O–H groups in total. The number of H-pyrrole nitrogens is 1. The summed E-state index contributed by atoms with van der Waals surface area (Å²) in [6, 6.07) is -9.60. The number of nitrogens with two attached hydrogens (primary N) is 1. The number of hydrogen-bond acceptors (Lipinski definition) is 41. The number of alkyl halides is 1. The molecule has 768 valence electrons. The molecule has 1 saturated heterocycles. The molecular formula is C78H118IN18O39S-. The van der Waals surface area contributed by atoms with Crippen LogP contribution in [0.4, 0.5) is 11.6 Å². The van der Waals surface area contributed by atoms with Crippen LogP contribution in [0, 0.1) is 0 Å². The molecule has 0 spiro atoms. The van der Waals surface area contributed by atoms with E-state index in [1.54, 1.807) is 6.92 Å². The number of nitrogens with one attached hydrogen (secondary N) is 13. The van der Waals surface area contributed by atoms with Crippen molar-refractivity contribution in [2.75, 3.05) is 95.8 Å². The van der Waals surface area contributed by atoms with E-state index in [2.05, 4.69) is 83.7 Å². The molecule has 1 fully saturated rings. The average molecular weight is 2090 g/mol. The van der Waals surface area contributed by atoms with Gasteiger partial charge >= 0.3 is 292 Å². The van der Waals surface area contributed by atoms with E-state index in [0.29, 0.717) is 18.9 Å². The molecule has 3 aromatic rings. The van der Waals surface area contributed by atoms with E-state index in [1.165, 1.54) is 30.5 Å². The van der Waals surface area contributed by atoms with Crippen molar-refractivity contribution >= 4 is 132 Å². The number of carboxylic acid groups (broad SMARTS) is 4. The van der Waals surface area contributed by atoms with Crippen molar-refractivity contribution in [1.29, 1.82) is 0 Å². The first-order valence-electron chi connectivity index (χ1n) is 42.4. The Hall–Kier alpha value is -11.4. The molecule has 1 aliphatic rings. The van der Waals surface area contributed by atoms with Gasteiger partial charge in [0.15, 0.2) is 11.2 Å². The van der Waals surface area contributed by atoms with Crippen molar-refractivity contribution in [1.82, 2.24) is 83.3 Å². The summed E-state index contributed by atoms with van der Waals surface area (Å²) in [5.41, 5.74) is 5.30. The predicted octanol–water partition coefficient (Wildman–Crippen LogP) is -18.0. The third-order valence-corrected chi connectivity index (χ3v) is 26.0. The monoisotopic (exact) mass is 2090 g/mol. The van der Waals surface area contributed by atoms with Crippen molar-refractivity contribution in [3.8, 4) is 0 Å². The van der Waals surface area contributed by atoms with Gasteiger partial charge in [0.05, 0.1) is 50.5 Å². The fraction of sp³-hybridized carbons (Fsp3) is 0.628. The van der Waals surface area contributed by atoms with Crippen LogP contribution in [-0.4, -0.2) is 427 Å². The number of aliphatic carboxylic acids is 4. The molecule has 1 aromatic carbocycles. The second-order valence-electron chi connectivity index (χ2n) is 30.7. The minimum atomic E-state index is -2.31. The van der Waals surface area contributed by atoms with Gasteiger partial charge in [-0.3, -0.25) is 48.1 Å². The summed E-state index contributed by atoms with van der Waals surface area (Å²) in [4.78, 5) is 258. The maximum atomic E-state index is 14.9. The Kier molecular flexibility index (Phi) is 52.6. The number of nitrogen functional groups attached to an aromatic ring is 1. The Morgan fingerprint density at radius 2 is 0.876 bits per heavy atom. The van der Waals surface area contributed by atoms with Crippen LogP contribution in [0.15, 0.2) is 35.3 Å². The molecule has 1 unspecified atom stereocenters. The van der Waals surface area contributed by atoms with Crippen molar-refractivity contribution in [3.05, 3.63) is 52.1 Å². The van der Waals surface area contributed by atoms with Crippen LogP contribution in [0.5, 0.6) is 0 Å². The van der Waals surface area contributed by atoms with Crippen LogP contribution in [0.25, 0.3) is 11.2 Å². The number of amides is 13. The number of aromatic amines is 1. The van der Waals surface area contributed by atoms with Crippen molar-refractivity contribution < 1.29 is 208 Å². The van der Waals surface area contributed by atoms with Gasteiger partial charge in [0, 0.05) is 56.6 Å². The molecule has 0 bridgehead atoms. The van der Waals surface area contributed by atoms with Gasteiger partial charge in [-0.1, -0.05) is 0 Å². The molecular weight excluding hydrogens is 1970 g/mol. The Balaban J connectivity index is 1.71. The number of halogens is 1. The van der Waals surface area contributed by atoms with E-state index in [9.17, 15) is 183 Å². The Bertz CT molecular complexity index is 4600. The number of anilines is 2. The zero-order valence-corrected chi connectivity index (χ0v) is 76.5. The second kappa shape index (κ2) is 61.1. The Morgan fingerprint density at radius 1 is 0.482 bits per heavy atom. The molecule has 57 nitrogen and oxygen atoms in total. The van der Waals surface area contributed by atoms with Crippen LogP contribution < -0.4 is 94.9 Å². The van der Waals surface area contributed by atoms with E-state index >= 15 is 0 Å². The molecule has 4 rings (SSSR count). The molecule has 137 heavy (non-hydrogen) atoms. The summed E-state index contributed by atoms with van der Waals surface area (Å²) < 4.78 is 9.54. The number of nitrogens with zero attached hydrogens (tertiary/aromatic N) is 4. The number of hydrogen-bond donors (Lipinski definition) is 33. The molecule has 1 aliphatic heterocycles. The van der Waals surface area contributed by atoms with E-state index in [0.717, 1.165) is 13.8 Å². The molecule has 13 amide bonds. The van der Waals surface area contributed by atoms with Gasteiger partial charge in [-0.05, 0) is 56.9 Å². The summed E-state index contributed by atoms with van der Waals surface area (Å²) in [6.45, 7) is -3.43. The van der Waals surface area contributed by atoms with Gasteiger partial charge in [-0.25, -0.2) is 14.8 Å². The van der Waals surface area contributed by atoms with Gasteiger partial charge in [0.25, 0.3) is 11.5 Å². The SMILES string of the molecule is CCOCCOCCNC(=O)CCN1C(=O)CC([I-]SC[C@@H](NC(=O)[C@H](CCC(=O)NC[C@H](O)[C@@H](O)[C@H](O)[C@H](O)CO)NC(=O)[C@@H](CCC(=O)O)NC(=O)[C@H](CCC(=O)NC[C@H](O)[C@@H](O)[C@H](O)[C@H](O)CO)NC(=O)[C@@H](CCC(=O)O)NC(=O)[C@H](CCC(=O)NC[C@H](O)[C@@H](O)[C@H](O)[C@H](O)CO)NC(=O)CC[C@H](NC(=O)c2ccc(NCc3cnc4nc(N)[nH]c(=O)c4n3)cc2)C(=O)O)C(=O)O)C1=O. The molecule has 2 aromatic heterocycles. The van der Waals surface area contributed by atoms with Crippen molar-refractivity contribution in [2.24, 2.45) is 0 Å². The van der Waals surface area contributed by atoms with Gasteiger partial charge in [-0.2, -0.15) is 4.98 Å². The Morgan fingerprint density at radius 3 is 1.30 bits per heavy atom. The minimum absolute atomic E-state index is 0.0123. The normalized spacial score (nSPS) is 16.8. The molecule has 20 atom stereocenters. The quantitative estimate of drug-likeness (QED) is 0.0108. The number of benzene rings is 1. The number of aliphatic hydroxyl groups excluding tert-OH is 15. The second-order valence-corrected chi connectivity index (χ2v) is 36.3. The molecule has 0 aliphatic carbocycles. The Labute approximate surface area is 790 Å². The first-order valence-corrected chi connectivity index (χ1v) is 47.2. The number of likely N-dealkylation sites (tertiary alicyclic amines) is 1. The van der Waals surface area contributed by atoms with Gasteiger partial charge in [0.2, 0.25) is 35.5 Å². The number of fused-ring (bicyclic) bond motifs is 1. The van der Waals surface area contributed by atoms with Crippen LogP contribution in [0.3, 0.4) is 0 Å². The van der Waals surface area contributed by atoms with E-state index in [1.807, 2.05) is 0 Å². The number of imide groups is 1. The molecule has 0 radical (unpaired) electrons. The number of aromatic nitrogens is 4. The fourth-order valence-electron chi connectivity index (χ4n) is 12.3. The third kappa shape index (κ3) is 41.8. The number of ether oxygens (including phenoxy) is 2. The first-order chi connectivity index (χ1) is 64.7. The molecule has 0 saturated carbocycles. The zero-order valence-electron chi connectivity index (χ0n) is 73.5. The summed E-state index contributed by atoms with van der Waals surface area (Å²) in [5, 5.41) is 218. The number of carbonyl (C=O) groups excluding carboxylic acids is 13. The number of carboxylic acids is 4. The first kappa shape index (κ1) is 118. The number of carbonyl (C=O) groups is 17. The number of aliphatic hydroxyl groups is 15. The van der Waals surface area contributed by atoms with Gasteiger partial charge < -0.3 is 140 Å². The zero-order chi connectivity index (χ0) is 102. The third-order valence-electron chi connectivity index (χ3n) is 20.2. The molecule has 3 heterocycles. The van der Waals surface area contributed by atoms with Crippen LogP contribution >= 0.6 is 8.93 Å². The van der Waals surface area contributed by atoms with E-state index in [4.69, 9.17) is 15.2 Å². The topological polar surface area (TPSA) is 938 Å². The van der Waals surface area contributed by atoms with E-state index < -0.39 is 368 Å². The van der Waals surface area contributed by atoms with Gasteiger partial charge in [0.1, 0.15) is 73.1 Å². The molecule has 59 heteroatoms. The van der Waals surface area contributed by atoms with E-state index in [-0.39, 0.29) is 74.1 Å². The summed E-state index contributed by atoms with van der Waals surface area (Å²) >= 11 is -1.53. The van der Waals surface area contributed by atoms with Gasteiger partial charge in [-0.15, -0.1) is 0 Å². The number of rotatable bonds is 68. The maximum absolute atomic E-state index is 14.9. The van der Waals surface area contributed by atoms with Crippen molar-refractivity contribution in [2.45, 2.75) is 223 Å². The fourth-order valence-corrected chi connectivity index (χ4v) is 17.9. The van der Waals surface area contributed by atoms with Crippen LogP contribution in [-0.2, 0) is 92.7 Å². The summed E-state index contributed by atoms with van der Waals surface area (Å²) in [7, 11) is 0.834. The van der Waals surface area contributed by atoms with Crippen molar-refractivity contribution in [3.63, 3.8) is 0 Å². The summed E-state index contributed by atoms with van der Waals surface area (Å²) in [5.74, 6) is -23.0. The van der Waals surface area contributed by atoms with Crippen LogP contribution in [0.1, 0.15) is 113 Å².